The summed E-state index contributed by atoms with van der Waals surface area (Å²) in [6, 6.07) is 4.43. The van der Waals surface area contributed by atoms with E-state index in [1.807, 2.05) is 23.2 Å². The number of rotatable bonds is 4. The van der Waals surface area contributed by atoms with Gasteiger partial charge in [-0.15, -0.1) is 0 Å². The van der Waals surface area contributed by atoms with Gasteiger partial charge in [-0.2, -0.15) is 0 Å². The molecule has 19 heavy (non-hydrogen) atoms. The van der Waals surface area contributed by atoms with Crippen LogP contribution in [0.3, 0.4) is 0 Å². The van der Waals surface area contributed by atoms with Gasteiger partial charge in [0, 0.05) is 37.6 Å². The standard InChI is InChI=1S/C13H20N4O2/c18-13-16-12(11-2-1-4-15-11)8-17(13)6-3-10-9-19-7-5-14-10/h1-2,4,10,12,14-15H,3,5-9H2,(H,16,18). The highest BCUT2D eigenvalue weighted by Gasteiger charge is 2.30. The van der Waals surface area contributed by atoms with Crippen LogP contribution in [0.2, 0.25) is 0 Å². The summed E-state index contributed by atoms with van der Waals surface area (Å²) >= 11 is 0. The number of H-pyrrole nitrogens is 1. The lowest BCUT2D eigenvalue weighted by atomic mass is 10.2. The van der Waals surface area contributed by atoms with Gasteiger partial charge in [0.2, 0.25) is 0 Å². The zero-order valence-electron chi connectivity index (χ0n) is 10.9. The van der Waals surface area contributed by atoms with Crippen LogP contribution in [0.25, 0.3) is 0 Å². The predicted molar refractivity (Wildman–Crippen MR) is 70.9 cm³/mol. The Morgan fingerprint density at radius 3 is 3.16 bits per heavy atom. The second-order valence-corrected chi connectivity index (χ2v) is 5.09. The maximum atomic E-state index is 11.9. The van der Waals surface area contributed by atoms with E-state index in [0.717, 1.165) is 45.0 Å². The molecule has 6 heteroatoms. The number of morpholine rings is 1. The topological polar surface area (TPSA) is 69.4 Å². The minimum Gasteiger partial charge on any atom is -0.379 e. The smallest absolute Gasteiger partial charge is 0.318 e. The number of nitrogens with one attached hydrogen (secondary N) is 3. The van der Waals surface area contributed by atoms with Crippen LogP contribution in [0, 0.1) is 0 Å². The largest absolute Gasteiger partial charge is 0.379 e. The molecule has 0 saturated carbocycles. The van der Waals surface area contributed by atoms with Crippen molar-refractivity contribution in [3.05, 3.63) is 24.0 Å². The molecular formula is C13H20N4O2. The molecule has 104 valence electrons. The quantitative estimate of drug-likeness (QED) is 0.740. The molecule has 0 radical (unpaired) electrons. The van der Waals surface area contributed by atoms with E-state index in [2.05, 4.69) is 15.6 Å². The monoisotopic (exact) mass is 264 g/mol. The Balaban J connectivity index is 1.50. The minimum atomic E-state index is 0.0244. The van der Waals surface area contributed by atoms with Crippen LogP contribution in [0.5, 0.6) is 0 Å². The molecule has 2 aliphatic heterocycles. The first kappa shape index (κ1) is 12.5. The van der Waals surface area contributed by atoms with Crippen LogP contribution in [0.4, 0.5) is 4.79 Å². The summed E-state index contributed by atoms with van der Waals surface area (Å²) < 4.78 is 5.42. The number of urea groups is 1. The predicted octanol–water partition coefficient (Wildman–Crippen LogP) is 0.460. The molecule has 0 spiro atoms. The van der Waals surface area contributed by atoms with Crippen molar-refractivity contribution in [3.63, 3.8) is 0 Å². The lowest BCUT2D eigenvalue weighted by Crippen LogP contribution is -2.43. The van der Waals surface area contributed by atoms with Crippen molar-refractivity contribution < 1.29 is 9.53 Å². The first-order chi connectivity index (χ1) is 9.33. The van der Waals surface area contributed by atoms with E-state index in [-0.39, 0.29) is 12.1 Å². The highest BCUT2D eigenvalue weighted by Crippen LogP contribution is 2.19. The molecule has 0 bridgehead atoms. The Hall–Kier alpha value is -1.53. The van der Waals surface area contributed by atoms with Crippen LogP contribution in [-0.2, 0) is 4.74 Å². The third-order valence-electron chi connectivity index (χ3n) is 3.73. The van der Waals surface area contributed by atoms with E-state index in [9.17, 15) is 4.79 Å². The normalized spacial score (nSPS) is 27.6. The molecule has 0 aromatic carbocycles. The summed E-state index contributed by atoms with van der Waals surface area (Å²) in [6.45, 7) is 3.93. The van der Waals surface area contributed by atoms with Crippen LogP contribution in [0.1, 0.15) is 18.2 Å². The molecule has 2 saturated heterocycles. The van der Waals surface area contributed by atoms with Gasteiger partial charge >= 0.3 is 6.03 Å². The zero-order chi connectivity index (χ0) is 13.1. The van der Waals surface area contributed by atoms with Gasteiger partial charge in [-0.1, -0.05) is 0 Å². The summed E-state index contributed by atoms with van der Waals surface area (Å²) in [5.41, 5.74) is 1.06. The number of carbonyl (C=O) groups excluding carboxylic acids is 1. The molecule has 1 aromatic heterocycles. The maximum Gasteiger partial charge on any atom is 0.318 e. The van der Waals surface area contributed by atoms with Crippen molar-refractivity contribution in [1.82, 2.24) is 20.5 Å². The molecule has 1 aromatic rings. The lowest BCUT2D eigenvalue weighted by molar-refractivity contribution is 0.0717. The fourth-order valence-electron chi connectivity index (χ4n) is 2.64. The average molecular weight is 264 g/mol. The number of hydrogen-bond acceptors (Lipinski definition) is 3. The number of amides is 2. The summed E-state index contributed by atoms with van der Waals surface area (Å²) in [7, 11) is 0. The van der Waals surface area contributed by atoms with Crippen molar-refractivity contribution in [2.45, 2.75) is 18.5 Å². The SMILES string of the molecule is O=C1NC(c2ccc[nH]2)CN1CCC1COCCN1. The average Bonchev–Trinajstić information content (AvgIpc) is 3.07. The fraction of sp³-hybridized carbons (Fsp3) is 0.615. The van der Waals surface area contributed by atoms with Crippen molar-refractivity contribution >= 4 is 6.03 Å². The van der Waals surface area contributed by atoms with E-state index >= 15 is 0 Å². The van der Waals surface area contributed by atoms with Gasteiger partial charge in [-0.25, -0.2) is 4.79 Å². The van der Waals surface area contributed by atoms with Crippen molar-refractivity contribution in [2.24, 2.45) is 0 Å². The minimum absolute atomic E-state index is 0.0244. The van der Waals surface area contributed by atoms with Gasteiger partial charge in [-0.3, -0.25) is 0 Å². The maximum absolute atomic E-state index is 11.9. The van der Waals surface area contributed by atoms with Gasteiger partial charge < -0.3 is 25.3 Å². The molecule has 3 N–H and O–H groups in total. The van der Waals surface area contributed by atoms with Crippen LogP contribution >= 0.6 is 0 Å². The third kappa shape index (κ3) is 2.90. The highest BCUT2D eigenvalue weighted by atomic mass is 16.5. The summed E-state index contributed by atoms with van der Waals surface area (Å²) in [5, 5.41) is 6.41. The van der Waals surface area contributed by atoms with E-state index in [0.29, 0.717) is 6.04 Å². The van der Waals surface area contributed by atoms with E-state index in [1.165, 1.54) is 0 Å². The summed E-state index contributed by atoms with van der Waals surface area (Å²) in [4.78, 5) is 16.9. The second kappa shape index (κ2) is 5.63. The van der Waals surface area contributed by atoms with Gasteiger partial charge in [0.05, 0.1) is 19.3 Å². The molecule has 2 aliphatic rings. The number of hydrogen-bond donors (Lipinski definition) is 3. The molecule has 6 nitrogen and oxygen atoms in total. The van der Waals surface area contributed by atoms with Gasteiger partial charge in [-0.05, 0) is 18.6 Å². The summed E-state index contributed by atoms with van der Waals surface area (Å²) in [6.07, 6.45) is 2.82. The van der Waals surface area contributed by atoms with Crippen LogP contribution in [0.15, 0.2) is 18.3 Å². The Morgan fingerprint density at radius 1 is 1.47 bits per heavy atom. The lowest BCUT2D eigenvalue weighted by Gasteiger charge is -2.25. The van der Waals surface area contributed by atoms with Gasteiger partial charge in [0.1, 0.15) is 0 Å². The van der Waals surface area contributed by atoms with Crippen molar-refractivity contribution in [3.8, 4) is 0 Å². The van der Waals surface area contributed by atoms with Crippen LogP contribution in [-0.4, -0.2) is 54.8 Å². The zero-order valence-corrected chi connectivity index (χ0v) is 10.9. The Bertz CT molecular complexity index is 414. The van der Waals surface area contributed by atoms with Crippen LogP contribution < -0.4 is 10.6 Å². The number of nitrogens with zero attached hydrogens (tertiary/aromatic N) is 1. The van der Waals surface area contributed by atoms with Crippen molar-refractivity contribution in [1.29, 1.82) is 0 Å². The molecule has 2 amide bonds. The van der Waals surface area contributed by atoms with Gasteiger partial charge in [0.15, 0.2) is 0 Å². The van der Waals surface area contributed by atoms with E-state index < -0.39 is 0 Å². The highest BCUT2D eigenvalue weighted by molar-refractivity contribution is 5.77. The molecule has 0 aliphatic carbocycles. The molecule has 3 heterocycles. The molecule has 2 unspecified atom stereocenters. The summed E-state index contributed by atoms with van der Waals surface area (Å²) in [5.74, 6) is 0. The van der Waals surface area contributed by atoms with E-state index in [4.69, 9.17) is 4.74 Å². The Morgan fingerprint density at radius 2 is 2.42 bits per heavy atom. The molecular weight excluding hydrogens is 244 g/mol. The Kier molecular flexibility index (Phi) is 3.70. The number of aromatic nitrogens is 1. The van der Waals surface area contributed by atoms with Crippen molar-refractivity contribution in [2.75, 3.05) is 32.8 Å². The fourth-order valence-corrected chi connectivity index (χ4v) is 2.64. The number of aromatic amines is 1. The Labute approximate surface area is 112 Å². The molecule has 3 rings (SSSR count). The number of carbonyl (C=O) groups is 1. The number of ether oxygens (including phenoxy) is 1. The first-order valence-electron chi connectivity index (χ1n) is 6.83. The molecule has 2 atom stereocenters. The first-order valence-corrected chi connectivity index (χ1v) is 6.83. The van der Waals surface area contributed by atoms with Gasteiger partial charge in [0.25, 0.3) is 0 Å². The van der Waals surface area contributed by atoms with E-state index in [1.54, 1.807) is 0 Å². The third-order valence-corrected chi connectivity index (χ3v) is 3.73. The molecule has 2 fully saturated rings. The second-order valence-electron chi connectivity index (χ2n) is 5.09.